The number of amides is 1. The van der Waals surface area contributed by atoms with Crippen molar-refractivity contribution in [1.29, 1.82) is 0 Å². The summed E-state index contributed by atoms with van der Waals surface area (Å²) in [6.07, 6.45) is 1.45. The molecule has 3 aromatic rings. The van der Waals surface area contributed by atoms with E-state index >= 15 is 0 Å². The quantitative estimate of drug-likeness (QED) is 0.574. The minimum absolute atomic E-state index is 0.146. The largest absolute Gasteiger partial charge is 0.320 e. The van der Waals surface area contributed by atoms with Crippen LogP contribution in [0.4, 0.5) is 10.1 Å². The SMILES string of the molecule is Cc1cc(C)c(S(=O)(=O)N2CCCC(c3nnc(C(=O)Nc4cccc(F)c4)s3)C2)c(C)c1. The molecule has 7 nitrogen and oxygen atoms in total. The molecule has 0 spiro atoms. The minimum Gasteiger partial charge on any atom is -0.320 e. The molecule has 33 heavy (non-hydrogen) atoms. The summed E-state index contributed by atoms with van der Waals surface area (Å²) in [5, 5.41) is 11.5. The van der Waals surface area contributed by atoms with Gasteiger partial charge in [-0.1, -0.05) is 35.1 Å². The van der Waals surface area contributed by atoms with Crippen LogP contribution in [0.25, 0.3) is 0 Å². The first-order valence-corrected chi connectivity index (χ1v) is 12.9. The van der Waals surface area contributed by atoms with E-state index in [-0.39, 0.29) is 17.5 Å². The smallest absolute Gasteiger partial charge is 0.286 e. The molecule has 1 N–H and O–H groups in total. The molecule has 1 aromatic heterocycles. The number of carbonyl (C=O) groups excluding carboxylic acids is 1. The van der Waals surface area contributed by atoms with Gasteiger partial charge in [-0.05, 0) is 62.9 Å². The van der Waals surface area contributed by atoms with Crippen molar-refractivity contribution >= 4 is 33.0 Å². The third-order valence-electron chi connectivity index (χ3n) is 5.65. The van der Waals surface area contributed by atoms with Gasteiger partial charge < -0.3 is 5.32 Å². The number of hydrogen-bond donors (Lipinski definition) is 1. The van der Waals surface area contributed by atoms with E-state index in [1.54, 1.807) is 6.07 Å². The van der Waals surface area contributed by atoms with Gasteiger partial charge in [0.2, 0.25) is 15.0 Å². The standard InChI is InChI=1S/C23H25FN4O3S2/c1-14-10-15(2)20(16(3)11-14)33(30,31)28-9-5-6-17(13-28)22-26-27-23(32-22)21(29)25-19-8-4-7-18(24)12-19/h4,7-8,10-12,17H,5-6,9,13H2,1-3H3,(H,25,29). The Morgan fingerprint density at radius 1 is 1.15 bits per heavy atom. The van der Waals surface area contributed by atoms with E-state index in [0.717, 1.165) is 34.4 Å². The monoisotopic (exact) mass is 488 g/mol. The molecule has 0 bridgehead atoms. The van der Waals surface area contributed by atoms with E-state index in [4.69, 9.17) is 0 Å². The van der Waals surface area contributed by atoms with Gasteiger partial charge in [-0.2, -0.15) is 4.31 Å². The fourth-order valence-corrected chi connectivity index (χ4v) is 7.11. The summed E-state index contributed by atoms with van der Waals surface area (Å²) in [5.41, 5.74) is 2.83. The molecule has 0 aliphatic carbocycles. The van der Waals surface area contributed by atoms with Crippen molar-refractivity contribution in [3.05, 3.63) is 68.9 Å². The third kappa shape index (κ3) is 4.97. The molecular formula is C23H25FN4O3S2. The molecule has 1 amide bonds. The number of benzene rings is 2. The Morgan fingerprint density at radius 2 is 1.88 bits per heavy atom. The summed E-state index contributed by atoms with van der Waals surface area (Å²) in [4.78, 5) is 12.9. The summed E-state index contributed by atoms with van der Waals surface area (Å²) >= 11 is 1.14. The van der Waals surface area contributed by atoms with Crippen molar-refractivity contribution in [1.82, 2.24) is 14.5 Å². The topological polar surface area (TPSA) is 92.3 Å². The van der Waals surface area contributed by atoms with E-state index in [2.05, 4.69) is 15.5 Å². The summed E-state index contributed by atoms with van der Waals surface area (Å²) in [6, 6.07) is 9.37. The summed E-state index contributed by atoms with van der Waals surface area (Å²) in [6.45, 7) is 6.32. The number of nitrogens with one attached hydrogen (secondary N) is 1. The van der Waals surface area contributed by atoms with Gasteiger partial charge in [0.05, 0.1) is 4.90 Å². The van der Waals surface area contributed by atoms with E-state index in [9.17, 15) is 17.6 Å². The number of aryl methyl sites for hydroxylation is 3. The van der Waals surface area contributed by atoms with Crippen molar-refractivity contribution in [2.24, 2.45) is 0 Å². The lowest BCUT2D eigenvalue weighted by atomic mass is 10.0. The number of anilines is 1. The number of carbonyl (C=O) groups is 1. The van der Waals surface area contributed by atoms with Crippen molar-refractivity contribution in [2.45, 2.75) is 44.4 Å². The van der Waals surface area contributed by atoms with Gasteiger partial charge in [0.15, 0.2) is 0 Å². The Hall–Kier alpha value is -2.69. The summed E-state index contributed by atoms with van der Waals surface area (Å²) in [5.74, 6) is -1.07. The number of hydrogen-bond acceptors (Lipinski definition) is 6. The van der Waals surface area contributed by atoms with Crippen molar-refractivity contribution in [3.63, 3.8) is 0 Å². The number of nitrogens with zero attached hydrogens (tertiary/aromatic N) is 3. The zero-order valence-corrected chi connectivity index (χ0v) is 20.3. The molecule has 1 atom stereocenters. The Labute approximate surface area is 196 Å². The molecule has 2 heterocycles. The highest BCUT2D eigenvalue weighted by Crippen LogP contribution is 2.34. The molecule has 10 heteroatoms. The van der Waals surface area contributed by atoms with Crippen LogP contribution in [0.1, 0.15) is 50.3 Å². The van der Waals surface area contributed by atoms with Gasteiger partial charge in [-0.3, -0.25) is 4.79 Å². The maximum atomic E-state index is 13.5. The lowest BCUT2D eigenvalue weighted by Gasteiger charge is -2.31. The van der Waals surface area contributed by atoms with Crippen LogP contribution < -0.4 is 5.32 Å². The van der Waals surface area contributed by atoms with Gasteiger partial charge >= 0.3 is 0 Å². The zero-order chi connectivity index (χ0) is 23.8. The van der Waals surface area contributed by atoms with Crippen LogP contribution >= 0.6 is 11.3 Å². The molecule has 1 saturated heterocycles. The molecule has 1 unspecified atom stereocenters. The Morgan fingerprint density at radius 3 is 2.58 bits per heavy atom. The van der Waals surface area contributed by atoms with E-state index in [1.807, 2.05) is 32.9 Å². The summed E-state index contributed by atoms with van der Waals surface area (Å²) < 4.78 is 41.8. The highest BCUT2D eigenvalue weighted by atomic mass is 32.2. The molecule has 174 valence electrons. The van der Waals surface area contributed by atoms with Gasteiger partial charge in [-0.15, -0.1) is 10.2 Å². The average Bonchev–Trinajstić information content (AvgIpc) is 3.23. The van der Waals surface area contributed by atoms with Gasteiger partial charge in [0.1, 0.15) is 10.8 Å². The first kappa shape index (κ1) is 23.5. The van der Waals surface area contributed by atoms with Crippen LogP contribution in [0.3, 0.4) is 0 Å². The van der Waals surface area contributed by atoms with Crippen molar-refractivity contribution in [2.75, 3.05) is 18.4 Å². The van der Waals surface area contributed by atoms with Gasteiger partial charge in [0, 0.05) is 24.7 Å². The average molecular weight is 489 g/mol. The van der Waals surface area contributed by atoms with Crippen LogP contribution in [-0.2, 0) is 10.0 Å². The first-order chi connectivity index (χ1) is 15.6. The predicted octanol–water partition coefficient (Wildman–Crippen LogP) is 4.42. The zero-order valence-electron chi connectivity index (χ0n) is 18.6. The second-order valence-corrected chi connectivity index (χ2v) is 11.2. The fourth-order valence-electron chi connectivity index (χ4n) is 4.31. The predicted molar refractivity (Wildman–Crippen MR) is 126 cm³/mol. The second-order valence-electron chi connectivity index (χ2n) is 8.34. The molecule has 1 aliphatic heterocycles. The Balaban J connectivity index is 1.51. The molecule has 2 aromatic carbocycles. The molecular weight excluding hydrogens is 463 g/mol. The lowest BCUT2D eigenvalue weighted by Crippen LogP contribution is -2.39. The van der Waals surface area contributed by atoms with Crippen LogP contribution in [0, 0.1) is 26.6 Å². The number of halogens is 1. The summed E-state index contributed by atoms with van der Waals surface area (Å²) in [7, 11) is -3.66. The van der Waals surface area contributed by atoms with Crippen molar-refractivity contribution in [3.8, 4) is 0 Å². The number of rotatable bonds is 5. The molecule has 0 radical (unpaired) electrons. The van der Waals surface area contributed by atoms with E-state index in [0.29, 0.717) is 28.6 Å². The van der Waals surface area contributed by atoms with E-state index in [1.165, 1.54) is 22.5 Å². The lowest BCUT2D eigenvalue weighted by molar-refractivity contribution is 0.102. The van der Waals surface area contributed by atoms with Gasteiger partial charge in [0.25, 0.3) is 5.91 Å². The molecule has 1 aliphatic rings. The molecule has 4 rings (SSSR count). The third-order valence-corrected chi connectivity index (χ3v) is 8.91. The normalized spacial score (nSPS) is 17.2. The van der Waals surface area contributed by atoms with E-state index < -0.39 is 21.7 Å². The van der Waals surface area contributed by atoms with Crippen molar-refractivity contribution < 1.29 is 17.6 Å². The first-order valence-electron chi connectivity index (χ1n) is 10.6. The maximum Gasteiger partial charge on any atom is 0.286 e. The number of aromatic nitrogens is 2. The molecule has 0 saturated carbocycles. The Kier molecular flexibility index (Phi) is 6.60. The Bertz CT molecular complexity index is 1280. The van der Waals surface area contributed by atoms with Crippen LogP contribution in [0.2, 0.25) is 0 Å². The highest BCUT2D eigenvalue weighted by Gasteiger charge is 2.34. The van der Waals surface area contributed by atoms with Crippen LogP contribution in [0.5, 0.6) is 0 Å². The van der Waals surface area contributed by atoms with Crippen LogP contribution in [0.15, 0.2) is 41.3 Å². The second kappa shape index (κ2) is 9.28. The molecule has 1 fully saturated rings. The minimum atomic E-state index is -3.66. The number of piperidine rings is 1. The fraction of sp³-hybridized carbons (Fsp3) is 0.348. The van der Waals surface area contributed by atoms with Gasteiger partial charge in [-0.25, -0.2) is 12.8 Å². The van der Waals surface area contributed by atoms with Crippen LogP contribution in [-0.4, -0.2) is 41.9 Å². The highest BCUT2D eigenvalue weighted by molar-refractivity contribution is 7.89. The maximum absolute atomic E-state index is 13.5. The number of sulfonamides is 1.